The molecule has 1 aromatic heterocycles. The van der Waals surface area contributed by atoms with E-state index in [0.717, 1.165) is 5.56 Å². The van der Waals surface area contributed by atoms with Crippen molar-refractivity contribution in [3.63, 3.8) is 0 Å². The Bertz CT molecular complexity index is 859. The average molecular weight is 396 g/mol. The minimum Gasteiger partial charge on any atom is -0.437 e. The molecule has 0 bridgehead atoms. The van der Waals surface area contributed by atoms with Crippen LogP contribution in [-0.4, -0.2) is 35.3 Å². The molecule has 1 aromatic carbocycles. The molecule has 1 atom stereocenters. The Kier molecular flexibility index (Phi) is 8.15. The fraction of sp³-hybridized carbons (Fsp3) is 0.350. The summed E-state index contributed by atoms with van der Waals surface area (Å²) in [4.78, 5) is 12.8. The Morgan fingerprint density at radius 3 is 2.83 bits per heavy atom. The van der Waals surface area contributed by atoms with Crippen LogP contribution >= 0.6 is 0 Å². The zero-order chi connectivity index (χ0) is 21.3. The third kappa shape index (κ3) is 6.87. The second-order valence-electron chi connectivity index (χ2n) is 7.09. The molecule has 3 N–H and O–H groups in total. The summed E-state index contributed by atoms with van der Waals surface area (Å²) in [5, 5.41) is 28.0. The topological polar surface area (TPSA) is 120 Å². The average Bonchev–Trinajstić information content (AvgIpc) is 3.13. The molecule has 9 heteroatoms. The van der Waals surface area contributed by atoms with Gasteiger partial charge in [-0.1, -0.05) is 35.5 Å². The zero-order valence-electron chi connectivity index (χ0n) is 16.8. The summed E-state index contributed by atoms with van der Waals surface area (Å²) in [6.07, 6.45) is 4.26. The Labute approximate surface area is 170 Å². The molecule has 0 unspecified atom stereocenters. The van der Waals surface area contributed by atoms with Crippen molar-refractivity contribution >= 4 is 19.0 Å². The van der Waals surface area contributed by atoms with Gasteiger partial charge in [-0.2, -0.15) is 5.26 Å². The molecule has 0 saturated carbocycles. The van der Waals surface area contributed by atoms with E-state index in [4.69, 9.17) is 14.5 Å². The lowest BCUT2D eigenvalue weighted by molar-refractivity contribution is -0.127. The maximum Gasteiger partial charge on any atom is 0.374 e. The third-order valence-electron chi connectivity index (χ3n) is 4.13. The summed E-state index contributed by atoms with van der Waals surface area (Å²) in [7, 11) is -0.857. The van der Waals surface area contributed by atoms with Gasteiger partial charge >= 0.3 is 7.05 Å². The minimum absolute atomic E-state index is 0.144. The summed E-state index contributed by atoms with van der Waals surface area (Å²) in [5.41, 5.74) is 0.990. The molecular weight excluding hydrogens is 371 g/mol. The zero-order valence-corrected chi connectivity index (χ0v) is 16.8. The molecule has 0 aliphatic heterocycles. The number of nitrogens with one attached hydrogen (secondary N) is 2. The predicted octanol–water partition coefficient (Wildman–Crippen LogP) is 2.06. The SMILES string of the molecule is CB(O)NC(C)(C)C(=O)N[C@H](COCc1ccccc1)c1nocc1C=CC#N. The van der Waals surface area contributed by atoms with Gasteiger partial charge in [-0.25, -0.2) is 0 Å². The molecule has 0 fully saturated rings. The van der Waals surface area contributed by atoms with Crippen LogP contribution < -0.4 is 10.5 Å². The van der Waals surface area contributed by atoms with E-state index in [-0.39, 0.29) is 12.5 Å². The fourth-order valence-corrected chi connectivity index (χ4v) is 2.75. The van der Waals surface area contributed by atoms with Crippen molar-refractivity contribution in [1.29, 1.82) is 5.26 Å². The number of hydrogen-bond donors (Lipinski definition) is 3. The predicted molar refractivity (Wildman–Crippen MR) is 109 cm³/mol. The number of carbonyl (C=O) groups excluding carboxylic acids is 1. The van der Waals surface area contributed by atoms with Gasteiger partial charge in [-0.15, -0.1) is 0 Å². The first-order valence-corrected chi connectivity index (χ1v) is 9.22. The summed E-state index contributed by atoms with van der Waals surface area (Å²) >= 11 is 0. The molecule has 1 heterocycles. The van der Waals surface area contributed by atoms with Crippen molar-refractivity contribution in [2.45, 2.75) is 38.9 Å². The lowest BCUT2D eigenvalue weighted by atomic mass is 9.83. The van der Waals surface area contributed by atoms with E-state index in [0.29, 0.717) is 17.9 Å². The third-order valence-corrected chi connectivity index (χ3v) is 4.13. The van der Waals surface area contributed by atoms with E-state index in [1.807, 2.05) is 36.4 Å². The summed E-state index contributed by atoms with van der Waals surface area (Å²) in [6.45, 7) is 5.37. The van der Waals surface area contributed by atoms with E-state index < -0.39 is 18.6 Å². The molecule has 0 aliphatic carbocycles. The van der Waals surface area contributed by atoms with Crippen LogP contribution in [0.15, 0.2) is 47.2 Å². The lowest BCUT2D eigenvalue weighted by Crippen LogP contribution is -2.57. The largest absolute Gasteiger partial charge is 0.437 e. The van der Waals surface area contributed by atoms with Gasteiger partial charge in [0.1, 0.15) is 12.0 Å². The first-order chi connectivity index (χ1) is 13.8. The highest BCUT2D eigenvalue weighted by Crippen LogP contribution is 2.20. The van der Waals surface area contributed by atoms with E-state index in [9.17, 15) is 9.82 Å². The van der Waals surface area contributed by atoms with Crippen molar-refractivity contribution in [3.8, 4) is 6.07 Å². The van der Waals surface area contributed by atoms with E-state index in [2.05, 4.69) is 15.7 Å². The fourth-order valence-electron chi connectivity index (χ4n) is 2.75. The molecule has 8 nitrogen and oxygen atoms in total. The van der Waals surface area contributed by atoms with Crippen LogP contribution in [0.5, 0.6) is 0 Å². The van der Waals surface area contributed by atoms with Crippen LogP contribution in [0.3, 0.4) is 0 Å². The Balaban J connectivity index is 2.17. The first kappa shape index (κ1) is 22.4. The molecular formula is C20H25BN4O4. The van der Waals surface area contributed by atoms with Crippen LogP contribution in [-0.2, 0) is 16.1 Å². The van der Waals surface area contributed by atoms with Crippen LogP contribution in [0, 0.1) is 11.3 Å². The number of benzene rings is 1. The van der Waals surface area contributed by atoms with E-state index in [1.54, 1.807) is 19.9 Å². The van der Waals surface area contributed by atoms with Gasteiger partial charge in [0.05, 0.1) is 30.9 Å². The van der Waals surface area contributed by atoms with Crippen molar-refractivity contribution in [2.75, 3.05) is 6.61 Å². The van der Waals surface area contributed by atoms with E-state index >= 15 is 0 Å². The van der Waals surface area contributed by atoms with Gasteiger partial charge in [0.2, 0.25) is 5.91 Å². The highest BCUT2D eigenvalue weighted by Gasteiger charge is 2.32. The van der Waals surface area contributed by atoms with Crippen molar-refractivity contribution in [2.24, 2.45) is 0 Å². The second-order valence-corrected chi connectivity index (χ2v) is 7.09. The second kappa shape index (κ2) is 10.6. The molecule has 1 amide bonds. The van der Waals surface area contributed by atoms with Gasteiger partial charge in [0.25, 0.3) is 0 Å². The molecule has 152 valence electrons. The normalized spacial score (nSPS) is 12.5. The Morgan fingerprint density at radius 1 is 1.45 bits per heavy atom. The number of nitriles is 1. The summed E-state index contributed by atoms with van der Waals surface area (Å²) in [5.74, 6) is -0.343. The first-order valence-electron chi connectivity index (χ1n) is 9.22. The van der Waals surface area contributed by atoms with Crippen LogP contribution in [0.4, 0.5) is 0 Å². The summed E-state index contributed by atoms with van der Waals surface area (Å²) < 4.78 is 10.9. The standard InChI is InChI=1S/C20H25BN4O4/c1-20(2,25-21(3)27)19(26)23-17(14-28-12-15-8-5-4-6-9-15)18-16(10-7-11-22)13-29-24-18/h4-10,13,17,25,27H,12,14H2,1-3H3,(H,23,26)/t17-/m1/s1. The molecule has 0 aliphatic rings. The number of ether oxygens (including phenoxy) is 1. The summed E-state index contributed by atoms with van der Waals surface area (Å²) in [6, 6.07) is 11.0. The van der Waals surface area contributed by atoms with Gasteiger partial charge in [0, 0.05) is 11.6 Å². The number of carbonyl (C=O) groups is 1. The van der Waals surface area contributed by atoms with Crippen molar-refractivity contribution < 1.29 is 19.1 Å². The molecule has 0 saturated heterocycles. The lowest BCUT2D eigenvalue weighted by Gasteiger charge is -2.28. The quantitative estimate of drug-likeness (QED) is 0.415. The molecule has 2 aromatic rings. The maximum absolute atomic E-state index is 12.8. The maximum atomic E-state index is 12.8. The van der Waals surface area contributed by atoms with Gasteiger partial charge < -0.3 is 24.8 Å². The number of hydrogen-bond acceptors (Lipinski definition) is 7. The smallest absolute Gasteiger partial charge is 0.374 e. The van der Waals surface area contributed by atoms with Gasteiger partial charge in [-0.3, -0.25) is 4.79 Å². The Hall–Kier alpha value is -2.93. The minimum atomic E-state index is -1.03. The van der Waals surface area contributed by atoms with Crippen molar-refractivity contribution in [1.82, 2.24) is 15.7 Å². The Morgan fingerprint density at radius 2 is 2.17 bits per heavy atom. The number of nitrogens with zero attached hydrogens (tertiary/aromatic N) is 2. The molecule has 29 heavy (non-hydrogen) atoms. The van der Waals surface area contributed by atoms with E-state index in [1.165, 1.54) is 19.2 Å². The monoisotopic (exact) mass is 396 g/mol. The van der Waals surface area contributed by atoms with Crippen molar-refractivity contribution in [3.05, 3.63) is 59.5 Å². The van der Waals surface area contributed by atoms with Gasteiger partial charge in [0.15, 0.2) is 0 Å². The number of rotatable bonds is 10. The number of allylic oxidation sites excluding steroid dienone is 1. The van der Waals surface area contributed by atoms with Crippen LogP contribution in [0.1, 0.15) is 36.7 Å². The number of amides is 1. The van der Waals surface area contributed by atoms with Crippen LogP contribution in [0.25, 0.3) is 6.08 Å². The molecule has 0 radical (unpaired) electrons. The van der Waals surface area contributed by atoms with Crippen LogP contribution in [0.2, 0.25) is 6.82 Å². The molecule has 2 rings (SSSR count). The number of aromatic nitrogens is 1. The molecule has 0 spiro atoms. The highest BCUT2D eigenvalue weighted by molar-refractivity contribution is 6.46. The van der Waals surface area contributed by atoms with Gasteiger partial charge in [-0.05, 0) is 32.3 Å². The highest BCUT2D eigenvalue weighted by atomic mass is 16.5.